The first-order valence-corrected chi connectivity index (χ1v) is 13.5. The lowest BCUT2D eigenvalue weighted by atomic mass is 9.76. The molecular formula is C31H26IN3O2. The second-order valence-electron chi connectivity index (χ2n) is 9.13. The molecule has 0 aliphatic carbocycles. The Labute approximate surface area is 229 Å². The van der Waals surface area contributed by atoms with Crippen LogP contribution < -0.4 is 4.90 Å². The van der Waals surface area contributed by atoms with Crippen molar-refractivity contribution in [3.8, 4) is 0 Å². The van der Waals surface area contributed by atoms with Crippen molar-refractivity contribution in [2.45, 2.75) is 5.54 Å². The van der Waals surface area contributed by atoms with Gasteiger partial charge < -0.3 is 14.2 Å². The molecule has 1 saturated heterocycles. The Kier molecular flexibility index (Phi) is 6.52. The highest BCUT2D eigenvalue weighted by atomic mass is 127. The van der Waals surface area contributed by atoms with Crippen LogP contribution in [0.1, 0.15) is 27.0 Å². The molecule has 3 heterocycles. The van der Waals surface area contributed by atoms with Crippen LogP contribution in [0.3, 0.4) is 0 Å². The van der Waals surface area contributed by atoms with E-state index in [0.717, 1.165) is 56.4 Å². The van der Waals surface area contributed by atoms with Gasteiger partial charge in [-0.2, -0.15) is 0 Å². The van der Waals surface area contributed by atoms with Crippen molar-refractivity contribution in [3.05, 3.63) is 129 Å². The lowest BCUT2D eigenvalue weighted by molar-refractivity contribution is 0.111. The Morgan fingerprint density at radius 2 is 1.32 bits per heavy atom. The quantitative estimate of drug-likeness (QED) is 0.134. The zero-order chi connectivity index (χ0) is 25.2. The van der Waals surface area contributed by atoms with Crippen LogP contribution in [0.15, 0.2) is 103 Å². The van der Waals surface area contributed by atoms with Crippen molar-refractivity contribution >= 4 is 45.6 Å². The van der Waals surface area contributed by atoms with E-state index in [2.05, 4.69) is 111 Å². The van der Waals surface area contributed by atoms with E-state index in [0.29, 0.717) is 18.8 Å². The largest absolute Gasteiger partial charge is 0.378 e. The Morgan fingerprint density at radius 1 is 0.811 bits per heavy atom. The summed E-state index contributed by atoms with van der Waals surface area (Å²) in [6.07, 6.45) is 4.83. The summed E-state index contributed by atoms with van der Waals surface area (Å²) in [4.78, 5) is 19.4. The highest BCUT2D eigenvalue weighted by molar-refractivity contribution is 14.1. The van der Waals surface area contributed by atoms with Crippen molar-refractivity contribution in [1.29, 1.82) is 0 Å². The summed E-state index contributed by atoms with van der Waals surface area (Å²) >= 11 is 2.40. The molecule has 1 fully saturated rings. The van der Waals surface area contributed by atoms with Crippen molar-refractivity contribution in [2.24, 2.45) is 0 Å². The zero-order valence-corrected chi connectivity index (χ0v) is 22.4. The third-order valence-electron chi connectivity index (χ3n) is 7.16. The second kappa shape index (κ2) is 10.1. The lowest BCUT2D eigenvalue weighted by Crippen LogP contribution is -2.38. The van der Waals surface area contributed by atoms with Gasteiger partial charge in [0, 0.05) is 29.1 Å². The molecule has 1 aliphatic rings. The summed E-state index contributed by atoms with van der Waals surface area (Å²) in [5.41, 5.74) is 5.11. The number of halogens is 1. The minimum atomic E-state index is -0.677. The molecule has 6 heteroatoms. The molecule has 5 aromatic rings. The number of carbonyl (C=O) groups is 1. The first kappa shape index (κ1) is 23.9. The van der Waals surface area contributed by atoms with Crippen LogP contribution in [0.5, 0.6) is 0 Å². The molecule has 0 radical (unpaired) electrons. The number of aldehydes is 1. The SMILES string of the molecule is O=Cc1cnc2c(c(I)cn2C(c2ccccc2)(c2ccccc2)c2ccccc2)c1N1CCOCC1. The minimum Gasteiger partial charge on any atom is -0.378 e. The van der Waals surface area contributed by atoms with Gasteiger partial charge in [-0.25, -0.2) is 4.98 Å². The third kappa shape index (κ3) is 3.95. The van der Waals surface area contributed by atoms with E-state index in [-0.39, 0.29) is 0 Å². The van der Waals surface area contributed by atoms with Crippen molar-refractivity contribution in [1.82, 2.24) is 9.55 Å². The topological polar surface area (TPSA) is 47.4 Å². The van der Waals surface area contributed by atoms with Gasteiger partial charge in [0.15, 0.2) is 6.29 Å². The standard InChI is InChI=1S/C31H26IN3O2/c32-27-21-35(30-28(27)29(23(22-36)20-33-30)34-16-18-37-19-17-34)31(24-10-4-1-5-11-24,25-12-6-2-7-13-25)26-14-8-3-9-15-26/h1-15,20-22H,16-19H2. The van der Waals surface area contributed by atoms with E-state index in [1.54, 1.807) is 6.20 Å². The van der Waals surface area contributed by atoms with Crippen molar-refractivity contribution < 1.29 is 9.53 Å². The van der Waals surface area contributed by atoms with E-state index < -0.39 is 5.54 Å². The first-order chi connectivity index (χ1) is 18.2. The number of hydrogen-bond acceptors (Lipinski definition) is 4. The van der Waals surface area contributed by atoms with Crippen LogP contribution in [0.2, 0.25) is 0 Å². The molecule has 6 rings (SSSR count). The highest BCUT2D eigenvalue weighted by Crippen LogP contribution is 2.45. The number of benzene rings is 3. The monoisotopic (exact) mass is 599 g/mol. The molecule has 0 saturated carbocycles. The zero-order valence-electron chi connectivity index (χ0n) is 20.3. The molecule has 3 aromatic carbocycles. The van der Waals surface area contributed by atoms with Crippen LogP contribution in [-0.4, -0.2) is 42.1 Å². The van der Waals surface area contributed by atoms with Gasteiger partial charge in [0.1, 0.15) is 11.2 Å². The van der Waals surface area contributed by atoms with Crippen molar-refractivity contribution in [2.75, 3.05) is 31.2 Å². The number of ether oxygens (including phenoxy) is 1. The molecule has 0 bridgehead atoms. The molecule has 37 heavy (non-hydrogen) atoms. The molecule has 0 atom stereocenters. The average Bonchev–Trinajstić information content (AvgIpc) is 3.31. The summed E-state index contributed by atoms with van der Waals surface area (Å²) < 4.78 is 8.96. The molecule has 184 valence electrons. The van der Waals surface area contributed by atoms with Gasteiger partial charge >= 0.3 is 0 Å². The number of pyridine rings is 1. The molecule has 0 N–H and O–H groups in total. The van der Waals surface area contributed by atoms with Crippen LogP contribution in [0, 0.1) is 3.57 Å². The predicted octanol–water partition coefficient (Wildman–Crippen LogP) is 6.13. The molecule has 0 spiro atoms. The van der Waals surface area contributed by atoms with Gasteiger partial charge in [-0.3, -0.25) is 4.79 Å². The number of aromatic nitrogens is 2. The third-order valence-corrected chi connectivity index (χ3v) is 7.98. The number of anilines is 1. The summed E-state index contributed by atoms with van der Waals surface area (Å²) in [6, 6.07) is 31.8. The number of fused-ring (bicyclic) bond motifs is 1. The van der Waals surface area contributed by atoms with Gasteiger partial charge in [0.2, 0.25) is 0 Å². The second-order valence-corrected chi connectivity index (χ2v) is 10.3. The van der Waals surface area contributed by atoms with E-state index in [9.17, 15) is 4.79 Å². The Morgan fingerprint density at radius 3 is 1.81 bits per heavy atom. The average molecular weight is 599 g/mol. The number of carbonyl (C=O) groups excluding carboxylic acids is 1. The van der Waals surface area contributed by atoms with Gasteiger partial charge in [0.05, 0.1) is 29.9 Å². The van der Waals surface area contributed by atoms with Gasteiger partial charge in [-0.1, -0.05) is 91.0 Å². The summed E-state index contributed by atoms with van der Waals surface area (Å²) in [6.45, 7) is 2.76. The van der Waals surface area contributed by atoms with Crippen LogP contribution in [-0.2, 0) is 10.3 Å². The van der Waals surface area contributed by atoms with E-state index in [1.165, 1.54) is 0 Å². The molecule has 0 amide bonds. The lowest BCUT2D eigenvalue weighted by Gasteiger charge is -2.38. The van der Waals surface area contributed by atoms with E-state index >= 15 is 0 Å². The van der Waals surface area contributed by atoms with Crippen LogP contribution in [0.4, 0.5) is 5.69 Å². The van der Waals surface area contributed by atoms with Gasteiger partial charge in [-0.05, 0) is 39.3 Å². The normalized spacial score (nSPS) is 14.1. The fourth-order valence-electron chi connectivity index (χ4n) is 5.57. The van der Waals surface area contributed by atoms with E-state index in [4.69, 9.17) is 9.72 Å². The maximum Gasteiger partial charge on any atom is 0.153 e. The van der Waals surface area contributed by atoms with Gasteiger partial charge in [-0.15, -0.1) is 0 Å². The Hall–Kier alpha value is -3.49. The molecule has 0 unspecified atom stereocenters. The summed E-state index contributed by atoms with van der Waals surface area (Å²) in [5.74, 6) is 0. The molecule has 1 aliphatic heterocycles. The summed E-state index contributed by atoms with van der Waals surface area (Å²) in [7, 11) is 0. The Bertz CT molecular complexity index is 1430. The minimum absolute atomic E-state index is 0.606. The molecular weight excluding hydrogens is 573 g/mol. The number of rotatable bonds is 6. The first-order valence-electron chi connectivity index (χ1n) is 12.4. The van der Waals surface area contributed by atoms with Gasteiger partial charge in [0.25, 0.3) is 0 Å². The predicted molar refractivity (Wildman–Crippen MR) is 155 cm³/mol. The maximum absolute atomic E-state index is 12.2. The number of nitrogens with zero attached hydrogens (tertiary/aromatic N) is 3. The Balaban J connectivity index is 1.74. The fourth-order valence-corrected chi connectivity index (χ4v) is 6.35. The maximum atomic E-state index is 12.2. The smallest absolute Gasteiger partial charge is 0.153 e. The molecule has 5 nitrogen and oxygen atoms in total. The number of morpholine rings is 1. The molecule has 2 aromatic heterocycles. The highest BCUT2D eigenvalue weighted by Gasteiger charge is 2.40. The summed E-state index contributed by atoms with van der Waals surface area (Å²) in [5, 5.41) is 0.999. The number of hydrogen-bond donors (Lipinski definition) is 0. The fraction of sp³-hybridized carbons (Fsp3) is 0.161. The van der Waals surface area contributed by atoms with Crippen molar-refractivity contribution in [3.63, 3.8) is 0 Å². The van der Waals surface area contributed by atoms with Crippen LogP contribution in [0.25, 0.3) is 11.0 Å². The van der Waals surface area contributed by atoms with Crippen LogP contribution >= 0.6 is 22.6 Å². The van der Waals surface area contributed by atoms with E-state index in [1.807, 2.05) is 18.2 Å².